The van der Waals surface area contributed by atoms with E-state index in [2.05, 4.69) is 10.6 Å². The van der Waals surface area contributed by atoms with Gasteiger partial charge >= 0.3 is 0 Å². The summed E-state index contributed by atoms with van der Waals surface area (Å²) in [6, 6.07) is 7.40. The number of amides is 3. The van der Waals surface area contributed by atoms with Crippen LogP contribution in [0.2, 0.25) is 0 Å². The average molecular weight is 341 g/mol. The Labute approximate surface area is 147 Å². The summed E-state index contributed by atoms with van der Waals surface area (Å²) >= 11 is 0. The van der Waals surface area contributed by atoms with Crippen LogP contribution < -0.4 is 10.6 Å². The van der Waals surface area contributed by atoms with E-state index < -0.39 is 0 Å². The number of carbonyl (C=O) groups is 3. The summed E-state index contributed by atoms with van der Waals surface area (Å²) in [5.41, 5.74) is 1.44. The molecule has 1 aromatic carbocycles. The summed E-state index contributed by atoms with van der Waals surface area (Å²) in [6.45, 7) is 1.60. The van der Waals surface area contributed by atoms with Crippen LogP contribution in [0.5, 0.6) is 0 Å². The maximum atomic E-state index is 11.9. The van der Waals surface area contributed by atoms with Crippen molar-refractivity contribution in [3.8, 4) is 0 Å². The number of hydrogen-bond acceptors (Lipinski definition) is 3. The average Bonchev–Trinajstić information content (AvgIpc) is 3.26. The topological polar surface area (TPSA) is 78.5 Å². The summed E-state index contributed by atoms with van der Waals surface area (Å²) in [6.07, 6.45) is 7.25. The minimum Gasteiger partial charge on any atom is -0.349 e. The van der Waals surface area contributed by atoms with Gasteiger partial charge in [-0.05, 0) is 49.5 Å². The standard InChI is InChI=1S/C19H23N3O3/c23-17(20-13-18(24)22-11-1-2-12-22)10-5-14-3-6-15(7-4-14)19(25)21-16-8-9-16/h3-7,10,16H,1-2,8-9,11-13H2,(H,20,23)(H,21,25)/b10-5+. The largest absolute Gasteiger partial charge is 0.349 e. The molecule has 0 unspecified atom stereocenters. The number of carbonyl (C=O) groups excluding carboxylic acids is 3. The van der Waals surface area contributed by atoms with Crippen LogP contribution in [0.15, 0.2) is 30.3 Å². The fourth-order valence-electron chi connectivity index (χ4n) is 2.71. The van der Waals surface area contributed by atoms with Crippen molar-refractivity contribution in [3.63, 3.8) is 0 Å². The Kier molecular flexibility index (Phi) is 5.48. The van der Waals surface area contributed by atoms with Gasteiger partial charge in [-0.25, -0.2) is 0 Å². The van der Waals surface area contributed by atoms with E-state index in [9.17, 15) is 14.4 Å². The van der Waals surface area contributed by atoms with E-state index in [4.69, 9.17) is 0 Å². The van der Waals surface area contributed by atoms with E-state index >= 15 is 0 Å². The molecule has 6 nitrogen and oxygen atoms in total. The molecule has 2 N–H and O–H groups in total. The highest BCUT2D eigenvalue weighted by Crippen LogP contribution is 2.19. The molecule has 3 rings (SSSR count). The summed E-state index contributed by atoms with van der Waals surface area (Å²) in [5.74, 6) is -0.399. The Morgan fingerprint density at radius 2 is 1.76 bits per heavy atom. The molecule has 1 saturated carbocycles. The van der Waals surface area contributed by atoms with Crippen molar-refractivity contribution in [3.05, 3.63) is 41.5 Å². The summed E-state index contributed by atoms with van der Waals surface area (Å²) in [5, 5.41) is 5.54. The molecular formula is C19H23N3O3. The first-order valence-corrected chi connectivity index (χ1v) is 8.76. The van der Waals surface area contributed by atoms with E-state index in [1.807, 2.05) is 0 Å². The van der Waals surface area contributed by atoms with E-state index in [0.717, 1.165) is 44.3 Å². The zero-order chi connectivity index (χ0) is 17.6. The van der Waals surface area contributed by atoms with Crippen LogP contribution in [0.3, 0.4) is 0 Å². The van der Waals surface area contributed by atoms with Crippen LogP contribution in [0.25, 0.3) is 6.08 Å². The number of likely N-dealkylation sites (tertiary alicyclic amines) is 1. The third kappa shape index (κ3) is 5.17. The fourth-order valence-corrected chi connectivity index (χ4v) is 2.71. The molecule has 2 aliphatic rings. The molecule has 0 atom stereocenters. The van der Waals surface area contributed by atoms with Gasteiger partial charge in [0.25, 0.3) is 5.91 Å². The zero-order valence-electron chi connectivity index (χ0n) is 14.2. The lowest BCUT2D eigenvalue weighted by Crippen LogP contribution is -2.38. The Morgan fingerprint density at radius 3 is 2.40 bits per heavy atom. The van der Waals surface area contributed by atoms with Crippen molar-refractivity contribution in [1.29, 1.82) is 0 Å². The van der Waals surface area contributed by atoms with Gasteiger partial charge in [0.15, 0.2) is 0 Å². The van der Waals surface area contributed by atoms with Crippen LogP contribution in [-0.2, 0) is 9.59 Å². The smallest absolute Gasteiger partial charge is 0.251 e. The summed E-state index contributed by atoms with van der Waals surface area (Å²) in [4.78, 5) is 37.3. The highest BCUT2D eigenvalue weighted by Gasteiger charge is 2.23. The van der Waals surface area contributed by atoms with E-state index in [-0.39, 0.29) is 24.3 Å². The Morgan fingerprint density at radius 1 is 1.08 bits per heavy atom. The molecule has 1 aliphatic carbocycles. The van der Waals surface area contributed by atoms with Gasteiger partial charge in [-0.3, -0.25) is 14.4 Å². The van der Waals surface area contributed by atoms with Gasteiger partial charge in [-0.1, -0.05) is 12.1 Å². The lowest BCUT2D eigenvalue weighted by Gasteiger charge is -2.14. The lowest BCUT2D eigenvalue weighted by atomic mass is 10.1. The lowest BCUT2D eigenvalue weighted by molar-refractivity contribution is -0.131. The predicted octanol–water partition coefficient (Wildman–Crippen LogP) is 1.33. The number of nitrogens with zero attached hydrogens (tertiary/aromatic N) is 1. The second-order valence-corrected chi connectivity index (χ2v) is 6.51. The number of hydrogen-bond donors (Lipinski definition) is 2. The minimum absolute atomic E-state index is 0.0312. The van der Waals surface area contributed by atoms with Crippen LogP contribution in [0.1, 0.15) is 41.6 Å². The first-order valence-electron chi connectivity index (χ1n) is 8.76. The summed E-state index contributed by atoms with van der Waals surface area (Å²) < 4.78 is 0. The molecule has 0 aromatic heterocycles. The maximum Gasteiger partial charge on any atom is 0.251 e. The quantitative estimate of drug-likeness (QED) is 0.766. The van der Waals surface area contributed by atoms with Crippen molar-refractivity contribution < 1.29 is 14.4 Å². The zero-order valence-corrected chi connectivity index (χ0v) is 14.2. The van der Waals surface area contributed by atoms with E-state index in [1.165, 1.54) is 6.08 Å². The molecule has 6 heteroatoms. The third-order valence-electron chi connectivity index (χ3n) is 4.39. The monoisotopic (exact) mass is 341 g/mol. The van der Waals surface area contributed by atoms with Crippen LogP contribution >= 0.6 is 0 Å². The van der Waals surface area contributed by atoms with Crippen molar-refractivity contribution >= 4 is 23.8 Å². The van der Waals surface area contributed by atoms with Crippen LogP contribution in [0.4, 0.5) is 0 Å². The maximum absolute atomic E-state index is 11.9. The Hall–Kier alpha value is -2.63. The van der Waals surface area contributed by atoms with E-state index in [1.54, 1.807) is 35.2 Å². The van der Waals surface area contributed by atoms with Crippen molar-refractivity contribution in [2.75, 3.05) is 19.6 Å². The molecule has 1 aliphatic heterocycles. The minimum atomic E-state index is -0.303. The first kappa shape index (κ1) is 17.2. The van der Waals surface area contributed by atoms with Crippen molar-refractivity contribution in [2.24, 2.45) is 0 Å². The number of rotatable bonds is 6. The molecule has 1 heterocycles. The van der Waals surface area contributed by atoms with Crippen molar-refractivity contribution in [2.45, 2.75) is 31.7 Å². The van der Waals surface area contributed by atoms with Gasteiger partial charge < -0.3 is 15.5 Å². The Bertz CT molecular complexity index is 672. The van der Waals surface area contributed by atoms with Crippen molar-refractivity contribution in [1.82, 2.24) is 15.5 Å². The predicted molar refractivity (Wildman–Crippen MR) is 94.8 cm³/mol. The molecule has 0 spiro atoms. The van der Waals surface area contributed by atoms with Gasteiger partial charge in [0.2, 0.25) is 11.8 Å². The normalized spacial score (nSPS) is 16.9. The molecule has 132 valence electrons. The first-order chi connectivity index (χ1) is 12.1. The van der Waals surface area contributed by atoms with E-state index in [0.29, 0.717) is 11.6 Å². The fraction of sp³-hybridized carbons (Fsp3) is 0.421. The molecule has 25 heavy (non-hydrogen) atoms. The van der Waals surface area contributed by atoms with Gasteiger partial charge in [0.1, 0.15) is 0 Å². The molecule has 2 fully saturated rings. The second-order valence-electron chi connectivity index (χ2n) is 6.51. The summed E-state index contributed by atoms with van der Waals surface area (Å²) in [7, 11) is 0. The molecule has 1 saturated heterocycles. The highest BCUT2D eigenvalue weighted by atomic mass is 16.2. The number of nitrogens with one attached hydrogen (secondary N) is 2. The number of benzene rings is 1. The van der Waals surface area contributed by atoms with Crippen LogP contribution in [0, 0.1) is 0 Å². The molecular weight excluding hydrogens is 318 g/mol. The molecule has 1 aromatic rings. The second kappa shape index (κ2) is 7.96. The van der Waals surface area contributed by atoms with Crippen LogP contribution in [-0.4, -0.2) is 48.3 Å². The Balaban J connectivity index is 1.44. The highest BCUT2D eigenvalue weighted by molar-refractivity contribution is 5.96. The SMILES string of the molecule is O=C(/C=C/c1ccc(C(=O)NC2CC2)cc1)NCC(=O)N1CCCC1. The third-order valence-corrected chi connectivity index (χ3v) is 4.39. The molecule has 0 radical (unpaired) electrons. The van der Waals surface area contributed by atoms with Gasteiger partial charge in [0.05, 0.1) is 6.54 Å². The molecule has 3 amide bonds. The van der Waals surface area contributed by atoms with Gasteiger partial charge in [-0.15, -0.1) is 0 Å². The molecule has 0 bridgehead atoms. The van der Waals surface area contributed by atoms with Gasteiger partial charge in [0, 0.05) is 30.8 Å². The van der Waals surface area contributed by atoms with Gasteiger partial charge in [-0.2, -0.15) is 0 Å².